The SMILES string of the molecule is CCC(OC)c1noc(-c2sc(CN)nc2C)n1. The van der Waals surface area contributed by atoms with Gasteiger partial charge in [0.05, 0.1) is 5.69 Å². The number of rotatable bonds is 5. The molecule has 98 valence electrons. The minimum absolute atomic E-state index is 0.135. The van der Waals surface area contributed by atoms with E-state index >= 15 is 0 Å². The smallest absolute Gasteiger partial charge is 0.270 e. The van der Waals surface area contributed by atoms with Crippen LogP contribution in [0.5, 0.6) is 0 Å². The van der Waals surface area contributed by atoms with Crippen LogP contribution >= 0.6 is 11.3 Å². The van der Waals surface area contributed by atoms with E-state index < -0.39 is 0 Å². The predicted octanol–water partition coefficient (Wildman–Crippen LogP) is 2.06. The van der Waals surface area contributed by atoms with Gasteiger partial charge in [0.1, 0.15) is 16.0 Å². The molecule has 2 aromatic rings. The van der Waals surface area contributed by atoms with Gasteiger partial charge in [0.25, 0.3) is 5.89 Å². The second kappa shape index (κ2) is 5.55. The van der Waals surface area contributed by atoms with Crippen molar-refractivity contribution in [2.24, 2.45) is 5.73 Å². The van der Waals surface area contributed by atoms with Gasteiger partial charge in [-0.25, -0.2) is 4.98 Å². The van der Waals surface area contributed by atoms with Crippen molar-refractivity contribution >= 4 is 11.3 Å². The standard InChI is InChI=1S/C11H16N4O2S/c1-4-7(16-3)10-14-11(17-15-10)9-6(2)13-8(5-12)18-9/h7H,4-5,12H2,1-3H3. The molecular weight excluding hydrogens is 252 g/mol. The lowest BCUT2D eigenvalue weighted by atomic mass is 10.2. The topological polar surface area (TPSA) is 87.1 Å². The second-order valence-electron chi connectivity index (χ2n) is 3.82. The number of methoxy groups -OCH3 is 1. The first-order valence-electron chi connectivity index (χ1n) is 5.72. The second-order valence-corrected chi connectivity index (χ2v) is 4.90. The lowest BCUT2D eigenvalue weighted by Gasteiger charge is -2.05. The average molecular weight is 268 g/mol. The number of hydrogen-bond donors (Lipinski definition) is 1. The van der Waals surface area contributed by atoms with Crippen LogP contribution in [0.4, 0.5) is 0 Å². The molecule has 0 fully saturated rings. The highest BCUT2D eigenvalue weighted by Gasteiger charge is 2.19. The van der Waals surface area contributed by atoms with Gasteiger partial charge in [0, 0.05) is 13.7 Å². The van der Waals surface area contributed by atoms with Crippen LogP contribution in [0, 0.1) is 6.92 Å². The first kappa shape index (κ1) is 13.1. The van der Waals surface area contributed by atoms with Crippen molar-refractivity contribution in [3.63, 3.8) is 0 Å². The Balaban J connectivity index is 2.31. The normalized spacial score (nSPS) is 12.9. The first-order chi connectivity index (χ1) is 8.69. The van der Waals surface area contributed by atoms with E-state index in [1.165, 1.54) is 11.3 Å². The zero-order chi connectivity index (χ0) is 13.1. The summed E-state index contributed by atoms with van der Waals surface area (Å²) in [7, 11) is 1.63. The summed E-state index contributed by atoms with van der Waals surface area (Å²) in [5.74, 6) is 1.05. The molecule has 18 heavy (non-hydrogen) atoms. The van der Waals surface area contributed by atoms with Crippen LogP contribution in [0.25, 0.3) is 10.8 Å². The molecule has 0 aliphatic heterocycles. The van der Waals surface area contributed by atoms with Gasteiger partial charge < -0.3 is 15.0 Å². The number of nitrogens with two attached hydrogens (primary N) is 1. The van der Waals surface area contributed by atoms with E-state index in [0.29, 0.717) is 18.3 Å². The molecule has 0 spiro atoms. The molecular formula is C11H16N4O2S. The number of nitrogens with zero attached hydrogens (tertiary/aromatic N) is 3. The maximum atomic E-state index is 5.57. The Morgan fingerprint density at radius 1 is 1.44 bits per heavy atom. The van der Waals surface area contributed by atoms with Crippen molar-refractivity contribution in [2.75, 3.05) is 7.11 Å². The van der Waals surface area contributed by atoms with Crippen molar-refractivity contribution in [1.82, 2.24) is 15.1 Å². The lowest BCUT2D eigenvalue weighted by molar-refractivity contribution is 0.0903. The summed E-state index contributed by atoms with van der Waals surface area (Å²) in [5.41, 5.74) is 6.43. The van der Waals surface area contributed by atoms with Gasteiger partial charge in [-0.05, 0) is 13.3 Å². The zero-order valence-corrected chi connectivity index (χ0v) is 11.5. The highest BCUT2D eigenvalue weighted by molar-refractivity contribution is 7.15. The molecule has 0 aliphatic carbocycles. The Labute approximate surface area is 109 Å². The molecule has 1 atom stereocenters. The molecule has 2 heterocycles. The van der Waals surface area contributed by atoms with E-state index in [-0.39, 0.29) is 6.10 Å². The van der Waals surface area contributed by atoms with Crippen molar-refractivity contribution in [2.45, 2.75) is 32.9 Å². The number of aromatic nitrogens is 3. The van der Waals surface area contributed by atoms with Crippen molar-refractivity contribution < 1.29 is 9.26 Å². The minimum Gasteiger partial charge on any atom is -0.373 e. The molecule has 0 bridgehead atoms. The summed E-state index contributed by atoms with van der Waals surface area (Å²) in [6.45, 7) is 4.33. The largest absolute Gasteiger partial charge is 0.373 e. The predicted molar refractivity (Wildman–Crippen MR) is 68.1 cm³/mol. The van der Waals surface area contributed by atoms with Crippen LogP contribution in [-0.4, -0.2) is 22.2 Å². The summed E-state index contributed by atoms with van der Waals surface area (Å²) < 4.78 is 10.5. The highest BCUT2D eigenvalue weighted by Crippen LogP contribution is 2.29. The zero-order valence-electron chi connectivity index (χ0n) is 10.6. The van der Waals surface area contributed by atoms with E-state index in [4.69, 9.17) is 15.0 Å². The fourth-order valence-corrected chi connectivity index (χ4v) is 2.52. The molecule has 2 aromatic heterocycles. The van der Waals surface area contributed by atoms with Gasteiger partial charge in [0.15, 0.2) is 0 Å². The number of thiazole rings is 1. The van der Waals surface area contributed by atoms with Crippen molar-refractivity contribution in [1.29, 1.82) is 0 Å². The van der Waals surface area contributed by atoms with E-state index in [1.54, 1.807) is 7.11 Å². The van der Waals surface area contributed by atoms with Gasteiger partial charge in [-0.15, -0.1) is 11.3 Å². The van der Waals surface area contributed by atoms with E-state index in [9.17, 15) is 0 Å². The Morgan fingerprint density at radius 2 is 2.22 bits per heavy atom. The van der Waals surface area contributed by atoms with Gasteiger partial charge in [-0.2, -0.15) is 4.98 Å². The Bertz CT molecular complexity index is 519. The summed E-state index contributed by atoms with van der Waals surface area (Å²) in [6.07, 6.45) is 0.662. The van der Waals surface area contributed by atoms with Crippen molar-refractivity contribution in [3.05, 3.63) is 16.5 Å². The molecule has 0 radical (unpaired) electrons. The Hall–Kier alpha value is -1.31. The molecule has 0 aromatic carbocycles. The summed E-state index contributed by atoms with van der Waals surface area (Å²) in [6, 6.07) is 0. The molecule has 2 N–H and O–H groups in total. The fraction of sp³-hybridized carbons (Fsp3) is 0.545. The monoisotopic (exact) mass is 268 g/mol. The van der Waals surface area contributed by atoms with Crippen molar-refractivity contribution in [3.8, 4) is 10.8 Å². The molecule has 0 aliphatic rings. The molecule has 1 unspecified atom stereocenters. The van der Waals surface area contributed by atoms with Crippen LogP contribution in [0.3, 0.4) is 0 Å². The first-order valence-corrected chi connectivity index (χ1v) is 6.54. The average Bonchev–Trinajstić information content (AvgIpc) is 2.97. The maximum Gasteiger partial charge on any atom is 0.270 e. The van der Waals surface area contributed by atoms with Gasteiger partial charge in [0.2, 0.25) is 5.82 Å². The fourth-order valence-electron chi connectivity index (χ4n) is 1.65. The van der Waals surface area contributed by atoms with E-state index in [0.717, 1.165) is 22.0 Å². The van der Waals surface area contributed by atoms with Crippen LogP contribution in [0.2, 0.25) is 0 Å². The third kappa shape index (κ3) is 2.43. The minimum atomic E-state index is -0.135. The molecule has 6 nitrogen and oxygen atoms in total. The van der Waals surface area contributed by atoms with E-state index in [1.807, 2.05) is 13.8 Å². The number of hydrogen-bond acceptors (Lipinski definition) is 7. The van der Waals surface area contributed by atoms with Gasteiger partial charge in [-0.3, -0.25) is 0 Å². The number of ether oxygens (including phenoxy) is 1. The third-order valence-electron chi connectivity index (χ3n) is 2.59. The Kier molecular flexibility index (Phi) is 4.05. The van der Waals surface area contributed by atoms with Crippen LogP contribution in [0.1, 0.15) is 36.0 Å². The van der Waals surface area contributed by atoms with Crippen LogP contribution in [0.15, 0.2) is 4.52 Å². The molecule has 0 saturated heterocycles. The molecule has 7 heteroatoms. The molecule has 2 rings (SSSR count). The summed E-state index contributed by atoms with van der Waals surface area (Å²) >= 11 is 1.48. The lowest BCUT2D eigenvalue weighted by Crippen LogP contribution is -2.01. The third-order valence-corrected chi connectivity index (χ3v) is 3.76. The molecule has 0 amide bonds. The highest BCUT2D eigenvalue weighted by atomic mass is 32.1. The maximum absolute atomic E-state index is 5.57. The number of aryl methyl sites for hydroxylation is 1. The quantitative estimate of drug-likeness (QED) is 0.893. The van der Waals surface area contributed by atoms with Crippen LogP contribution in [-0.2, 0) is 11.3 Å². The summed E-state index contributed by atoms with van der Waals surface area (Å²) in [5, 5.41) is 4.81. The molecule has 0 saturated carbocycles. The summed E-state index contributed by atoms with van der Waals surface area (Å²) in [4.78, 5) is 9.57. The van der Waals surface area contributed by atoms with Gasteiger partial charge in [-0.1, -0.05) is 12.1 Å². The van der Waals surface area contributed by atoms with E-state index in [2.05, 4.69) is 15.1 Å². The van der Waals surface area contributed by atoms with Gasteiger partial charge >= 0.3 is 0 Å². The van der Waals surface area contributed by atoms with Crippen LogP contribution < -0.4 is 5.73 Å². The Morgan fingerprint density at radius 3 is 2.78 bits per heavy atom.